The van der Waals surface area contributed by atoms with Gasteiger partial charge in [-0.1, -0.05) is 19.4 Å². The zero-order valence-corrected chi connectivity index (χ0v) is 14.6. The van der Waals surface area contributed by atoms with Crippen LogP contribution in [0.5, 0.6) is 11.5 Å². The molecule has 2 aliphatic rings. The minimum absolute atomic E-state index is 0.0931. The number of imide groups is 1. The summed E-state index contributed by atoms with van der Waals surface area (Å²) in [5.41, 5.74) is 0.549. The van der Waals surface area contributed by atoms with Crippen LogP contribution in [0.15, 0.2) is 18.2 Å². The molecule has 1 aromatic carbocycles. The first-order valence-electron chi connectivity index (χ1n) is 8.51. The molecule has 26 heavy (non-hydrogen) atoms. The molecule has 2 heterocycles. The van der Waals surface area contributed by atoms with Gasteiger partial charge in [0.1, 0.15) is 12.1 Å². The molecular weight excluding hydrogens is 340 g/mol. The third-order valence-corrected chi connectivity index (χ3v) is 4.71. The number of hydrogen-bond donors (Lipinski definition) is 4. The maximum absolute atomic E-state index is 12.5. The molecule has 9 nitrogen and oxygen atoms in total. The molecule has 0 spiro atoms. The molecule has 3 atom stereocenters. The molecule has 1 aromatic rings. The zero-order valence-electron chi connectivity index (χ0n) is 14.6. The summed E-state index contributed by atoms with van der Waals surface area (Å²) in [6, 6.07) is 3.01. The maximum Gasteiger partial charge on any atom is 0.325 e. The molecule has 4 N–H and O–H groups in total. The number of nitrogens with zero attached hydrogens (tertiary/aromatic N) is 1. The summed E-state index contributed by atoms with van der Waals surface area (Å²) in [6.45, 7) is 2.42. The fourth-order valence-corrected chi connectivity index (χ4v) is 3.39. The van der Waals surface area contributed by atoms with Crippen LogP contribution in [0.4, 0.5) is 9.59 Å². The van der Waals surface area contributed by atoms with Crippen molar-refractivity contribution in [1.82, 2.24) is 20.9 Å². The van der Waals surface area contributed by atoms with Crippen LogP contribution in [0.2, 0.25) is 0 Å². The fourth-order valence-electron chi connectivity index (χ4n) is 3.39. The van der Waals surface area contributed by atoms with Gasteiger partial charge in [0.2, 0.25) is 5.91 Å². The molecule has 0 aliphatic carbocycles. The zero-order chi connectivity index (χ0) is 18.8. The molecule has 0 radical (unpaired) electrons. The summed E-state index contributed by atoms with van der Waals surface area (Å²) in [5, 5.41) is 17.8. The largest absolute Gasteiger partial charge is 0.504 e. The van der Waals surface area contributed by atoms with Gasteiger partial charge in [-0.2, -0.15) is 0 Å². The van der Waals surface area contributed by atoms with Crippen molar-refractivity contribution in [2.45, 2.75) is 32.0 Å². The number of aromatic hydroxyl groups is 1. The Balaban J connectivity index is 1.96. The molecule has 2 saturated heterocycles. The van der Waals surface area contributed by atoms with Crippen molar-refractivity contribution in [1.29, 1.82) is 0 Å². The van der Waals surface area contributed by atoms with Crippen LogP contribution < -0.4 is 20.7 Å². The van der Waals surface area contributed by atoms with Crippen LogP contribution in [-0.2, 0) is 4.79 Å². The van der Waals surface area contributed by atoms with Gasteiger partial charge < -0.3 is 25.4 Å². The minimum atomic E-state index is -0.745. The van der Waals surface area contributed by atoms with Gasteiger partial charge in [-0.25, -0.2) is 9.59 Å². The van der Waals surface area contributed by atoms with Gasteiger partial charge in [0.05, 0.1) is 13.2 Å². The molecule has 0 bridgehead atoms. The quantitative estimate of drug-likeness (QED) is 0.624. The fraction of sp³-hybridized carbons (Fsp3) is 0.471. The molecule has 2 aliphatic heterocycles. The first kappa shape index (κ1) is 17.8. The van der Waals surface area contributed by atoms with Gasteiger partial charge >= 0.3 is 12.1 Å². The molecule has 3 rings (SSSR count). The molecule has 0 saturated carbocycles. The summed E-state index contributed by atoms with van der Waals surface area (Å²) in [6.07, 6.45) is 0.880. The van der Waals surface area contributed by atoms with Crippen LogP contribution in [0.3, 0.4) is 0 Å². The summed E-state index contributed by atoms with van der Waals surface area (Å²) in [4.78, 5) is 38.4. The number of fused-ring (bicyclic) bond motifs is 1. The lowest BCUT2D eigenvalue weighted by molar-refractivity contribution is -0.130. The molecule has 9 heteroatoms. The number of nitrogens with one attached hydrogen (secondary N) is 3. The van der Waals surface area contributed by atoms with E-state index in [4.69, 9.17) is 4.74 Å². The number of carbonyl (C=O) groups is 3. The lowest BCUT2D eigenvalue weighted by Gasteiger charge is -2.46. The van der Waals surface area contributed by atoms with Crippen molar-refractivity contribution in [3.8, 4) is 11.5 Å². The molecule has 0 aromatic heterocycles. The Kier molecular flexibility index (Phi) is 4.88. The predicted molar refractivity (Wildman–Crippen MR) is 91.5 cm³/mol. The molecule has 140 valence electrons. The summed E-state index contributed by atoms with van der Waals surface area (Å²) >= 11 is 0. The Labute approximate surface area is 150 Å². The number of rotatable bonds is 5. The van der Waals surface area contributed by atoms with E-state index in [-0.39, 0.29) is 5.75 Å². The van der Waals surface area contributed by atoms with Crippen molar-refractivity contribution < 1.29 is 24.2 Å². The van der Waals surface area contributed by atoms with E-state index in [2.05, 4.69) is 16.0 Å². The smallest absolute Gasteiger partial charge is 0.325 e. The lowest BCUT2D eigenvalue weighted by atomic mass is 9.86. The van der Waals surface area contributed by atoms with Crippen molar-refractivity contribution in [2.75, 3.05) is 13.7 Å². The van der Waals surface area contributed by atoms with Gasteiger partial charge in [0, 0.05) is 6.54 Å². The average molecular weight is 362 g/mol. The number of hydrogen-bond acceptors (Lipinski definition) is 5. The van der Waals surface area contributed by atoms with E-state index >= 15 is 0 Å². The van der Waals surface area contributed by atoms with E-state index in [0.29, 0.717) is 17.9 Å². The number of unbranched alkanes of at least 4 members (excludes halogenated alkanes) is 1. The number of amides is 5. The van der Waals surface area contributed by atoms with Crippen LogP contribution in [0.25, 0.3) is 0 Å². The van der Waals surface area contributed by atoms with Crippen molar-refractivity contribution in [3.63, 3.8) is 0 Å². The van der Waals surface area contributed by atoms with Gasteiger partial charge in [0.25, 0.3) is 0 Å². The van der Waals surface area contributed by atoms with Crippen molar-refractivity contribution in [2.24, 2.45) is 5.92 Å². The van der Waals surface area contributed by atoms with E-state index in [1.165, 1.54) is 18.1 Å². The van der Waals surface area contributed by atoms with Crippen LogP contribution >= 0.6 is 0 Å². The summed E-state index contributed by atoms with van der Waals surface area (Å²) < 4.78 is 5.03. The Hall–Kier alpha value is -2.97. The number of benzene rings is 1. The first-order chi connectivity index (χ1) is 12.5. The Morgan fingerprint density at radius 2 is 2.00 bits per heavy atom. The number of phenols is 1. The molecular formula is C17H22N4O5. The summed E-state index contributed by atoms with van der Waals surface area (Å²) in [5.74, 6) is -1.00. The van der Waals surface area contributed by atoms with Gasteiger partial charge in [-0.15, -0.1) is 0 Å². The third kappa shape index (κ3) is 3.12. The molecule has 3 unspecified atom stereocenters. The number of ether oxygens (including phenoxy) is 1. The van der Waals surface area contributed by atoms with Crippen molar-refractivity contribution >= 4 is 18.0 Å². The van der Waals surface area contributed by atoms with Crippen LogP contribution in [0.1, 0.15) is 31.4 Å². The minimum Gasteiger partial charge on any atom is -0.504 e. The average Bonchev–Trinajstić information content (AvgIpc) is 2.60. The van der Waals surface area contributed by atoms with E-state index in [0.717, 1.165) is 12.8 Å². The van der Waals surface area contributed by atoms with E-state index in [9.17, 15) is 19.5 Å². The Bertz CT molecular complexity index is 738. The lowest BCUT2D eigenvalue weighted by Crippen LogP contribution is -2.72. The second-order valence-corrected chi connectivity index (χ2v) is 6.34. The highest BCUT2D eigenvalue weighted by Crippen LogP contribution is 2.36. The summed E-state index contributed by atoms with van der Waals surface area (Å²) in [7, 11) is 1.43. The SMILES string of the molecule is CCCCN1C(=O)NC(=O)C2C(c3ccc(OC)c(O)c3)NC(=O)NC21. The van der Waals surface area contributed by atoms with E-state index in [1.807, 2.05) is 6.92 Å². The van der Waals surface area contributed by atoms with Crippen LogP contribution in [-0.4, -0.2) is 47.8 Å². The van der Waals surface area contributed by atoms with Gasteiger partial charge in [-0.3, -0.25) is 10.1 Å². The molecule has 5 amide bonds. The number of carbonyl (C=O) groups excluding carboxylic acids is 3. The van der Waals surface area contributed by atoms with Crippen LogP contribution in [0, 0.1) is 5.92 Å². The number of urea groups is 2. The highest BCUT2D eigenvalue weighted by atomic mass is 16.5. The Morgan fingerprint density at radius 1 is 1.23 bits per heavy atom. The second kappa shape index (κ2) is 7.11. The Morgan fingerprint density at radius 3 is 2.65 bits per heavy atom. The standard InChI is InChI=1S/C17H22N4O5/c1-3-4-7-21-14-12(15(23)20-17(21)25)13(18-16(24)19-14)9-5-6-11(26-2)10(22)8-9/h5-6,8,12-14,22H,3-4,7H2,1-2H3,(H2,18,19,24)(H,20,23,25). The first-order valence-corrected chi connectivity index (χ1v) is 8.51. The number of methoxy groups -OCH3 is 1. The van der Waals surface area contributed by atoms with Crippen molar-refractivity contribution in [3.05, 3.63) is 23.8 Å². The van der Waals surface area contributed by atoms with Gasteiger partial charge in [-0.05, 0) is 24.1 Å². The monoisotopic (exact) mass is 362 g/mol. The third-order valence-electron chi connectivity index (χ3n) is 4.71. The highest BCUT2D eigenvalue weighted by molar-refractivity contribution is 6.00. The normalized spacial score (nSPS) is 25.1. The number of phenolic OH excluding ortho intramolecular Hbond substituents is 1. The maximum atomic E-state index is 12.5. The predicted octanol–water partition coefficient (Wildman–Crippen LogP) is 1.05. The van der Waals surface area contributed by atoms with E-state index < -0.39 is 36.1 Å². The van der Waals surface area contributed by atoms with E-state index in [1.54, 1.807) is 12.1 Å². The topological polar surface area (TPSA) is 120 Å². The molecule has 2 fully saturated rings. The van der Waals surface area contributed by atoms with Gasteiger partial charge in [0.15, 0.2) is 11.5 Å². The second-order valence-electron chi connectivity index (χ2n) is 6.34. The highest BCUT2D eigenvalue weighted by Gasteiger charge is 2.49.